The zero-order chi connectivity index (χ0) is 58.4. The molecule has 0 aliphatic rings. The number of nitrogens with one attached hydrogen (secondary N) is 4. The van der Waals surface area contributed by atoms with Crippen LogP contribution in [0.2, 0.25) is 0 Å². The van der Waals surface area contributed by atoms with Crippen LogP contribution in [0.4, 0.5) is 89.3 Å². The molecule has 0 saturated heterocycles. The van der Waals surface area contributed by atoms with Crippen molar-refractivity contribution < 1.29 is 236 Å². The van der Waals surface area contributed by atoms with Crippen LogP contribution in [0.3, 0.4) is 0 Å². The molecule has 85 heavy (non-hydrogen) atoms. The molecule has 8 N–H and O–H groups in total. The van der Waals surface area contributed by atoms with Gasteiger partial charge < -0.3 is 56.2 Å². The van der Waals surface area contributed by atoms with Crippen molar-refractivity contribution >= 4 is 143 Å². The van der Waals surface area contributed by atoms with Crippen LogP contribution in [0, 0.1) is 12.0 Å². The van der Waals surface area contributed by atoms with E-state index in [2.05, 4.69) is 80.2 Å². The fourth-order valence-electron chi connectivity index (χ4n) is 6.32. The molecule has 0 spiro atoms. The van der Waals surface area contributed by atoms with Crippen LogP contribution in [0.25, 0.3) is 0 Å². The van der Waals surface area contributed by atoms with Crippen LogP contribution in [-0.4, -0.2) is 97.6 Å². The number of nitrogens with two attached hydrogens (primary N) is 2. The number of nitrogen functional groups attached to an aromatic ring is 2. The number of halogens is 2. The second kappa shape index (κ2) is 33.1. The first-order valence-electron chi connectivity index (χ1n) is 20.9. The van der Waals surface area contributed by atoms with Crippen molar-refractivity contribution in [1.82, 2.24) is 24.9 Å². The third-order valence-electron chi connectivity index (χ3n) is 9.71. The number of nitrogens with zero attached hydrogens (tertiary/aromatic N) is 9. The summed E-state index contributed by atoms with van der Waals surface area (Å²) >= 11 is 0.270. The van der Waals surface area contributed by atoms with E-state index in [9.17, 15) is 74.3 Å². The molecule has 0 fully saturated rings. The van der Waals surface area contributed by atoms with Crippen molar-refractivity contribution in [3.05, 3.63) is 109 Å². The monoisotopic (exact) mass is 1340 g/mol. The molecule has 46 heteroatoms. The smallest absolute Gasteiger partial charge is 0.744 e. The van der Waals surface area contributed by atoms with Gasteiger partial charge in [0, 0.05) is 28.8 Å². The predicted molar refractivity (Wildman–Crippen MR) is 264 cm³/mol. The average Bonchev–Trinajstić information content (AvgIpc) is 3.42. The Hall–Kier alpha value is -3.17. The van der Waals surface area contributed by atoms with E-state index in [0.717, 1.165) is 54.6 Å². The van der Waals surface area contributed by atoms with Gasteiger partial charge in [-0.1, -0.05) is 6.07 Å². The second-order valence-electron chi connectivity index (χ2n) is 15.2. The third-order valence-corrected chi connectivity index (χ3v) is 15.1. The number of hydrogen-bond donors (Lipinski definition) is 6. The Morgan fingerprint density at radius 2 is 1.06 bits per heavy atom. The normalized spacial score (nSPS) is 11.8. The molecule has 7 aromatic rings. The predicted octanol–water partition coefficient (Wildman–Crippen LogP) is -10.9. The van der Waals surface area contributed by atoms with E-state index in [1.807, 2.05) is 0 Å². The molecule has 5 aromatic carbocycles. The number of aromatic nitrogens is 5. The van der Waals surface area contributed by atoms with Crippen LogP contribution in [0.1, 0.15) is 0 Å². The minimum atomic E-state index is -5.55. The van der Waals surface area contributed by atoms with Gasteiger partial charge >= 0.3 is 154 Å². The van der Waals surface area contributed by atoms with E-state index in [0.29, 0.717) is 6.07 Å². The van der Waals surface area contributed by atoms with Crippen molar-refractivity contribution in [2.45, 2.75) is 24.5 Å². The second-order valence-corrected chi connectivity index (χ2v) is 23.1. The van der Waals surface area contributed by atoms with Crippen LogP contribution in [0.15, 0.2) is 142 Å². The molecule has 33 nitrogen and oxygen atoms in total. The first-order chi connectivity index (χ1) is 37.4. The fraction of sp³-hybridized carbons (Fsp3) is 0.0513. The van der Waals surface area contributed by atoms with Gasteiger partial charge in [0.25, 0.3) is 0 Å². The summed E-state index contributed by atoms with van der Waals surface area (Å²) in [5, 5.41) is 40.1. The Morgan fingerprint density at radius 3 is 1.62 bits per heavy atom. The number of benzene rings is 5. The molecule has 2 heterocycles. The van der Waals surface area contributed by atoms with Crippen LogP contribution in [-0.2, 0) is 64.1 Å². The van der Waals surface area contributed by atoms with Gasteiger partial charge in [0.05, 0.1) is 60.3 Å². The van der Waals surface area contributed by atoms with Crippen LogP contribution >= 0.6 is 12.0 Å². The first-order valence-corrected chi connectivity index (χ1v) is 28.8. The summed E-state index contributed by atoms with van der Waals surface area (Å²) in [4.78, 5) is 15.6. The summed E-state index contributed by atoms with van der Waals surface area (Å²) in [6, 6.07) is 16.6. The maximum Gasteiger partial charge on any atom is 1.00 e. The summed E-state index contributed by atoms with van der Waals surface area (Å²) < 4.78 is 204. The van der Waals surface area contributed by atoms with Crippen LogP contribution in [0.5, 0.6) is 0 Å². The molecule has 0 unspecified atom stereocenters. The number of azo groups is 2. The van der Waals surface area contributed by atoms with Gasteiger partial charge in [0.15, 0.2) is 9.84 Å². The van der Waals surface area contributed by atoms with E-state index in [4.69, 9.17) is 11.5 Å². The SMILES string of the molecule is Nc1c(N=Nc2cc(Nc3nc(Nc4ccc(S(=O)(=O)CCOS(=O)(=O)[O-])cc4)nc(Nc4cccc(S(=O)(=O)[O-])c4)n3)ccc2S(=O)(=O)[O-])cc(S(=O)(=O)[O-])c(N)c1N=Nc1cc(Nc2cc(F)nc(F)n2)ccc1SOO[O-].[Na+].[Na+].[Na+].[Na+].[Na+]. The van der Waals surface area contributed by atoms with Crippen molar-refractivity contribution in [3.8, 4) is 0 Å². The molecule has 0 saturated carbocycles. The Bertz CT molecular complexity index is 4200. The van der Waals surface area contributed by atoms with Crippen molar-refractivity contribution in [1.29, 1.82) is 0 Å². The first kappa shape index (κ1) is 77.9. The molecule has 0 bridgehead atoms. The van der Waals surface area contributed by atoms with E-state index < -0.39 is 124 Å². The Balaban J connectivity index is 0.00000493. The number of rotatable bonds is 23. The van der Waals surface area contributed by atoms with E-state index in [1.54, 1.807) is 0 Å². The third kappa shape index (κ3) is 22.7. The maximum absolute atomic E-state index is 13.8. The largest absolute Gasteiger partial charge is 1.00 e. The standard InChI is InChI=1S/C39H33F2N15O18S6.5Na/c40-31-18-32(49-36(41)48-31)44-21-6-10-28(75-74-73-57)25(15-21)53-56-35-33(42)27(17-30(34(35)43)79(66,67)68)55-54-26-16-22(7-11-29(26)78(63,64)65)47-39-51-37(50-38(52-39)46-20-2-1-3-24(14-20)77(60,61)62)45-19-4-8-23(9-5-19)76(58,59)13-12-72-80(69,70)71;;;;;/h1-11,14-18,57H,12-13,42-43H2,(H,44,48,49)(H,60,61,62)(H,63,64,65)(H,66,67,68)(H,69,70,71)(H3,45,46,47,50,51,52);;;;;/q;5*+1/p-5. The quantitative estimate of drug-likeness (QED) is 0.00331. The number of anilines is 10. The van der Waals surface area contributed by atoms with E-state index >= 15 is 0 Å². The summed E-state index contributed by atoms with van der Waals surface area (Å²) in [5.74, 6) is -3.68. The van der Waals surface area contributed by atoms with Crippen molar-refractivity contribution in [2.24, 2.45) is 20.5 Å². The van der Waals surface area contributed by atoms with Crippen molar-refractivity contribution in [3.63, 3.8) is 0 Å². The molecule has 0 radical (unpaired) electrons. The van der Waals surface area contributed by atoms with Gasteiger partial charge in [-0.2, -0.15) is 38.0 Å². The Kier molecular flexibility index (Phi) is 30.3. The molecule has 2 aromatic heterocycles. The molecule has 0 atom stereocenters. The summed E-state index contributed by atoms with van der Waals surface area (Å²) in [7, 11) is -25.3. The van der Waals surface area contributed by atoms with Gasteiger partial charge in [-0.25, -0.2) is 42.1 Å². The number of hydrogen-bond acceptors (Lipinski definition) is 34. The molecule has 0 aliphatic heterocycles. The topological polar surface area (TPSA) is 528 Å². The van der Waals surface area contributed by atoms with Gasteiger partial charge in [0.2, 0.25) is 34.2 Å². The van der Waals surface area contributed by atoms with Crippen molar-refractivity contribution in [2.75, 3.05) is 45.1 Å². The van der Waals surface area contributed by atoms with Gasteiger partial charge in [-0.3, -0.25) is 9.22 Å². The molecule has 0 amide bonds. The molecule has 7 rings (SSSR count). The Morgan fingerprint density at radius 1 is 0.529 bits per heavy atom. The Labute approximate surface area is 594 Å². The minimum Gasteiger partial charge on any atom is -0.744 e. The summed E-state index contributed by atoms with van der Waals surface area (Å²) in [6.07, 6.45) is -1.43. The zero-order valence-corrected chi connectivity index (χ0v) is 58.8. The zero-order valence-electron chi connectivity index (χ0n) is 43.9. The fourth-order valence-corrected chi connectivity index (χ4v) is 9.94. The average molecular weight is 1340 g/mol. The van der Waals surface area contributed by atoms with E-state index in [1.165, 1.54) is 36.4 Å². The molecule has 422 valence electrons. The maximum atomic E-state index is 13.8. The molecular weight excluding hydrogens is 1310 g/mol. The summed E-state index contributed by atoms with van der Waals surface area (Å²) in [5.41, 5.74) is 8.00. The van der Waals surface area contributed by atoms with Gasteiger partial charge in [0.1, 0.15) is 58.9 Å². The van der Waals surface area contributed by atoms with Crippen LogP contribution < -0.4 is 186 Å². The minimum absolute atomic E-state index is 0. The number of sulfone groups is 1. The molecule has 0 aliphatic carbocycles. The van der Waals surface area contributed by atoms with Gasteiger partial charge in [-0.05, 0) is 84.9 Å². The van der Waals surface area contributed by atoms with E-state index in [-0.39, 0.29) is 216 Å². The van der Waals surface area contributed by atoms with Gasteiger partial charge in [-0.15, -0.1) is 20.5 Å². The summed E-state index contributed by atoms with van der Waals surface area (Å²) in [6.45, 7) is -0.972. The molecular formula is C39H28F2N15Na5O18S6.